The maximum Gasteiger partial charge on any atom is 0.250 e. The van der Waals surface area contributed by atoms with Crippen LogP contribution in [0.4, 0.5) is 0 Å². The summed E-state index contributed by atoms with van der Waals surface area (Å²) in [5.74, 6) is 0. The molecule has 3 aromatic heterocycles. The van der Waals surface area contributed by atoms with E-state index in [0.29, 0.717) is 10.8 Å². The van der Waals surface area contributed by atoms with Crippen molar-refractivity contribution in [2.24, 2.45) is 0 Å². The number of sulfonamides is 1. The van der Waals surface area contributed by atoms with Gasteiger partial charge in [-0.3, -0.25) is 4.98 Å². The van der Waals surface area contributed by atoms with Gasteiger partial charge in [0, 0.05) is 24.5 Å². The summed E-state index contributed by atoms with van der Waals surface area (Å²) in [5.41, 5.74) is 1.65. The minimum absolute atomic E-state index is 0.218. The van der Waals surface area contributed by atoms with E-state index in [-0.39, 0.29) is 10.8 Å². The van der Waals surface area contributed by atoms with Gasteiger partial charge in [-0.1, -0.05) is 17.7 Å². The Bertz CT molecular complexity index is 891. The first-order chi connectivity index (χ1) is 11.0. The third-order valence-corrected chi connectivity index (χ3v) is 7.02. The first-order valence-electron chi connectivity index (χ1n) is 6.65. The highest BCUT2D eigenvalue weighted by Gasteiger charge is 2.16. The van der Waals surface area contributed by atoms with Crippen molar-refractivity contribution in [2.75, 3.05) is 6.54 Å². The van der Waals surface area contributed by atoms with Gasteiger partial charge in [-0.15, -0.1) is 22.7 Å². The third kappa shape index (κ3) is 4.15. The maximum atomic E-state index is 12.1. The smallest absolute Gasteiger partial charge is 0.250 e. The quantitative estimate of drug-likeness (QED) is 0.705. The molecule has 0 bridgehead atoms. The van der Waals surface area contributed by atoms with Crippen molar-refractivity contribution >= 4 is 44.3 Å². The number of thiazole rings is 1. The lowest BCUT2D eigenvalue weighted by atomic mass is 10.3. The normalized spacial score (nSPS) is 11.7. The SMILES string of the molecule is O=S(=O)(NCCc1csc(-c2ccccn2)n1)c1ccc(Cl)s1. The highest BCUT2D eigenvalue weighted by atomic mass is 35.5. The summed E-state index contributed by atoms with van der Waals surface area (Å²) in [6.45, 7) is 0.281. The summed E-state index contributed by atoms with van der Waals surface area (Å²) in [6, 6.07) is 8.72. The molecule has 0 atom stereocenters. The molecule has 0 fully saturated rings. The zero-order valence-electron chi connectivity index (χ0n) is 11.8. The van der Waals surface area contributed by atoms with Crippen molar-refractivity contribution in [2.45, 2.75) is 10.6 Å². The molecule has 120 valence electrons. The molecule has 0 aliphatic carbocycles. The first-order valence-corrected chi connectivity index (χ1v) is 10.2. The summed E-state index contributed by atoms with van der Waals surface area (Å²) in [5, 5.41) is 2.74. The van der Waals surface area contributed by atoms with Crippen LogP contribution >= 0.6 is 34.3 Å². The van der Waals surface area contributed by atoms with Crippen LogP contribution < -0.4 is 4.72 Å². The molecule has 0 spiro atoms. The van der Waals surface area contributed by atoms with Gasteiger partial charge in [0.25, 0.3) is 0 Å². The van der Waals surface area contributed by atoms with Crippen LogP contribution in [0.3, 0.4) is 0 Å². The Balaban J connectivity index is 1.60. The molecule has 0 saturated heterocycles. The topological polar surface area (TPSA) is 72.0 Å². The van der Waals surface area contributed by atoms with Gasteiger partial charge < -0.3 is 0 Å². The van der Waals surface area contributed by atoms with Crippen LogP contribution in [0.15, 0.2) is 46.1 Å². The lowest BCUT2D eigenvalue weighted by Crippen LogP contribution is -2.25. The monoisotopic (exact) mass is 385 g/mol. The molecule has 3 aromatic rings. The van der Waals surface area contributed by atoms with Crippen molar-refractivity contribution in [1.29, 1.82) is 0 Å². The van der Waals surface area contributed by atoms with Gasteiger partial charge in [0.05, 0.1) is 15.7 Å². The molecule has 9 heteroatoms. The van der Waals surface area contributed by atoms with E-state index in [1.54, 1.807) is 12.3 Å². The molecule has 23 heavy (non-hydrogen) atoms. The van der Waals surface area contributed by atoms with E-state index < -0.39 is 10.0 Å². The minimum Gasteiger partial charge on any atom is -0.254 e. The standard InChI is InChI=1S/C14H12ClN3O2S3/c15-12-4-5-13(22-12)23(19,20)17-8-6-10-9-21-14(18-10)11-3-1-2-7-16-11/h1-5,7,9,17H,6,8H2. The van der Waals surface area contributed by atoms with Crippen LogP contribution in [-0.2, 0) is 16.4 Å². The number of halogens is 1. The van der Waals surface area contributed by atoms with E-state index in [2.05, 4.69) is 14.7 Å². The fourth-order valence-corrected chi connectivity index (χ4v) is 5.24. The zero-order valence-corrected chi connectivity index (χ0v) is 15.0. The summed E-state index contributed by atoms with van der Waals surface area (Å²) < 4.78 is 27.4. The summed E-state index contributed by atoms with van der Waals surface area (Å²) in [6.07, 6.45) is 2.23. The van der Waals surface area contributed by atoms with Gasteiger partial charge in [-0.2, -0.15) is 0 Å². The van der Waals surface area contributed by atoms with Gasteiger partial charge in [0.1, 0.15) is 9.22 Å². The second-order valence-corrected chi connectivity index (χ2v) is 9.13. The predicted molar refractivity (Wildman–Crippen MR) is 93.6 cm³/mol. The highest BCUT2D eigenvalue weighted by molar-refractivity contribution is 7.91. The molecule has 3 heterocycles. The Morgan fingerprint density at radius 2 is 2.09 bits per heavy atom. The Labute approximate surface area is 147 Å². The van der Waals surface area contributed by atoms with Crippen molar-refractivity contribution in [3.63, 3.8) is 0 Å². The average Bonchev–Trinajstić information content (AvgIpc) is 3.17. The molecule has 0 unspecified atom stereocenters. The minimum atomic E-state index is -3.51. The molecule has 0 aliphatic rings. The van der Waals surface area contributed by atoms with Crippen molar-refractivity contribution in [3.8, 4) is 10.7 Å². The molecule has 0 amide bonds. The Morgan fingerprint density at radius 1 is 1.22 bits per heavy atom. The fraction of sp³-hybridized carbons (Fsp3) is 0.143. The predicted octanol–water partition coefficient (Wildman–Crippen LogP) is 3.44. The van der Waals surface area contributed by atoms with Crippen molar-refractivity contribution in [3.05, 3.63) is 51.9 Å². The Hall–Kier alpha value is -1.32. The lowest BCUT2D eigenvalue weighted by Gasteiger charge is -2.03. The van der Waals surface area contributed by atoms with Crippen LogP contribution in [0, 0.1) is 0 Å². The zero-order chi connectivity index (χ0) is 16.3. The number of nitrogens with zero attached hydrogens (tertiary/aromatic N) is 2. The molecule has 0 aliphatic heterocycles. The Kier molecular flexibility index (Phi) is 5.08. The number of hydrogen-bond donors (Lipinski definition) is 1. The lowest BCUT2D eigenvalue weighted by molar-refractivity contribution is 0.583. The number of thiophene rings is 1. The van der Waals surface area contributed by atoms with Crippen LogP contribution in [0.5, 0.6) is 0 Å². The van der Waals surface area contributed by atoms with Crippen LogP contribution in [-0.4, -0.2) is 24.9 Å². The summed E-state index contributed by atoms with van der Waals surface area (Å²) in [7, 11) is -3.51. The molecular formula is C14H12ClN3O2S3. The molecule has 1 N–H and O–H groups in total. The number of aromatic nitrogens is 2. The second-order valence-electron chi connectivity index (χ2n) is 4.57. The number of pyridine rings is 1. The molecule has 0 saturated carbocycles. The van der Waals surface area contributed by atoms with Gasteiger partial charge in [-0.05, 0) is 24.3 Å². The number of nitrogens with one attached hydrogen (secondary N) is 1. The second kappa shape index (κ2) is 7.06. The van der Waals surface area contributed by atoms with Gasteiger partial charge in [-0.25, -0.2) is 18.1 Å². The van der Waals surface area contributed by atoms with Crippen LogP contribution in [0.1, 0.15) is 5.69 Å². The van der Waals surface area contributed by atoms with E-state index in [4.69, 9.17) is 11.6 Å². The largest absolute Gasteiger partial charge is 0.254 e. The molecule has 3 rings (SSSR count). The fourth-order valence-electron chi connectivity index (χ4n) is 1.86. The summed E-state index contributed by atoms with van der Waals surface area (Å²) >= 11 is 8.30. The van der Waals surface area contributed by atoms with Crippen LogP contribution in [0.25, 0.3) is 10.7 Å². The number of rotatable bonds is 6. The average molecular weight is 386 g/mol. The van der Waals surface area contributed by atoms with E-state index >= 15 is 0 Å². The van der Waals surface area contributed by atoms with Gasteiger partial charge in [0.2, 0.25) is 10.0 Å². The van der Waals surface area contributed by atoms with E-state index in [9.17, 15) is 8.42 Å². The van der Waals surface area contributed by atoms with Gasteiger partial charge >= 0.3 is 0 Å². The van der Waals surface area contributed by atoms with Gasteiger partial charge in [0.15, 0.2) is 0 Å². The molecule has 5 nitrogen and oxygen atoms in total. The molecule has 0 aromatic carbocycles. The Morgan fingerprint density at radius 3 is 2.78 bits per heavy atom. The maximum absolute atomic E-state index is 12.1. The first kappa shape index (κ1) is 16.5. The third-order valence-electron chi connectivity index (χ3n) is 2.92. The number of hydrogen-bond acceptors (Lipinski definition) is 6. The van der Waals surface area contributed by atoms with Crippen molar-refractivity contribution in [1.82, 2.24) is 14.7 Å². The molecule has 0 radical (unpaired) electrons. The van der Waals surface area contributed by atoms with E-state index in [1.165, 1.54) is 17.4 Å². The van der Waals surface area contributed by atoms with Crippen molar-refractivity contribution < 1.29 is 8.42 Å². The summed E-state index contributed by atoms with van der Waals surface area (Å²) in [4.78, 5) is 8.73. The highest BCUT2D eigenvalue weighted by Crippen LogP contribution is 2.25. The van der Waals surface area contributed by atoms with E-state index in [1.807, 2.05) is 23.6 Å². The molecular weight excluding hydrogens is 374 g/mol. The van der Waals surface area contributed by atoms with Crippen LogP contribution in [0.2, 0.25) is 4.34 Å². The van der Waals surface area contributed by atoms with E-state index in [0.717, 1.165) is 27.7 Å².